The van der Waals surface area contributed by atoms with Gasteiger partial charge in [-0.1, -0.05) is 37.6 Å². The molecule has 1 rings (SSSR count). The van der Waals surface area contributed by atoms with Crippen molar-refractivity contribution in [3.63, 3.8) is 0 Å². The van der Waals surface area contributed by atoms with Gasteiger partial charge in [-0.25, -0.2) is 8.78 Å². The zero-order valence-electron chi connectivity index (χ0n) is 10.5. The first-order chi connectivity index (χ1) is 8.74. The molecule has 0 heterocycles. The van der Waals surface area contributed by atoms with Crippen LogP contribution >= 0.6 is 11.6 Å². The molecule has 1 nitrogen and oxygen atoms in total. The van der Waals surface area contributed by atoms with E-state index in [1.54, 1.807) is 31.2 Å². The second-order valence-corrected chi connectivity index (χ2v) is 4.93. The van der Waals surface area contributed by atoms with Crippen LogP contribution in [-0.2, 0) is 4.74 Å². The molecule has 0 saturated carbocycles. The summed E-state index contributed by atoms with van der Waals surface area (Å²) in [5.74, 6) is -0.434. The Bertz CT molecular complexity index is 394. The second-order valence-electron chi connectivity index (χ2n) is 4.49. The summed E-state index contributed by atoms with van der Waals surface area (Å²) in [6, 6.07) is 6.92. The summed E-state index contributed by atoms with van der Waals surface area (Å²) in [5, 5.41) is 0.573. The van der Waals surface area contributed by atoms with Gasteiger partial charge in [-0.15, -0.1) is 0 Å². The van der Waals surface area contributed by atoms with Gasteiger partial charge in [0.05, 0.1) is 6.61 Å². The molecule has 19 heavy (non-hydrogen) atoms. The van der Waals surface area contributed by atoms with Gasteiger partial charge in [-0.05, 0) is 29.5 Å². The first-order valence-corrected chi connectivity index (χ1v) is 6.17. The maximum atomic E-state index is 12.6. The molecule has 2 atom stereocenters. The van der Waals surface area contributed by atoms with Crippen LogP contribution in [0.3, 0.4) is 0 Å². The molecule has 0 amide bonds. The molecule has 0 spiro atoms. The van der Waals surface area contributed by atoms with Gasteiger partial charge in [0.25, 0.3) is 0 Å². The van der Waals surface area contributed by atoms with Crippen molar-refractivity contribution < 1.29 is 22.3 Å². The summed E-state index contributed by atoms with van der Waals surface area (Å²) in [5.41, 5.74) is 0.890. The molecular formula is C13H15ClF4O. The van der Waals surface area contributed by atoms with E-state index in [1.165, 1.54) is 0 Å². The summed E-state index contributed by atoms with van der Waals surface area (Å²) < 4.78 is 53.2. The van der Waals surface area contributed by atoms with Gasteiger partial charge in [-0.3, -0.25) is 0 Å². The van der Waals surface area contributed by atoms with E-state index in [-0.39, 0.29) is 11.8 Å². The lowest BCUT2D eigenvalue weighted by atomic mass is 9.89. The predicted octanol–water partition coefficient (Wildman–Crippen LogP) is 4.95. The Kier molecular flexibility index (Phi) is 5.62. The molecule has 0 aliphatic heterocycles. The van der Waals surface area contributed by atoms with Gasteiger partial charge in [0.15, 0.2) is 0 Å². The second kappa shape index (κ2) is 6.57. The zero-order chi connectivity index (χ0) is 14.6. The van der Waals surface area contributed by atoms with Gasteiger partial charge in [-0.2, -0.15) is 8.78 Å². The van der Waals surface area contributed by atoms with Crippen LogP contribution < -0.4 is 0 Å². The fraction of sp³-hybridized carbons (Fsp3) is 0.538. The van der Waals surface area contributed by atoms with E-state index in [2.05, 4.69) is 4.74 Å². The number of ether oxygens (including phenoxy) is 1. The highest BCUT2D eigenvalue weighted by Crippen LogP contribution is 2.29. The molecule has 6 heteroatoms. The third kappa shape index (κ3) is 4.66. The molecule has 2 unspecified atom stereocenters. The molecule has 0 saturated heterocycles. The van der Waals surface area contributed by atoms with Crippen molar-refractivity contribution in [2.75, 3.05) is 6.61 Å². The molecule has 0 aliphatic carbocycles. The summed E-state index contributed by atoms with van der Waals surface area (Å²) >= 11 is 5.74. The van der Waals surface area contributed by atoms with Crippen molar-refractivity contribution in [2.24, 2.45) is 5.92 Å². The monoisotopic (exact) mass is 298 g/mol. The minimum Gasteiger partial charge on any atom is -0.316 e. The smallest absolute Gasteiger partial charge is 0.316 e. The summed E-state index contributed by atoms with van der Waals surface area (Å²) in [7, 11) is 0. The van der Waals surface area contributed by atoms with Crippen molar-refractivity contribution in [3.05, 3.63) is 34.9 Å². The first kappa shape index (κ1) is 16.2. The van der Waals surface area contributed by atoms with Crippen molar-refractivity contribution in [1.82, 2.24) is 0 Å². The normalized spacial score (nSPS) is 15.6. The Balaban J connectivity index is 2.58. The van der Waals surface area contributed by atoms with Gasteiger partial charge >= 0.3 is 12.5 Å². The van der Waals surface area contributed by atoms with E-state index in [4.69, 9.17) is 11.6 Å². The van der Waals surface area contributed by atoms with Gasteiger partial charge < -0.3 is 4.74 Å². The van der Waals surface area contributed by atoms with Crippen molar-refractivity contribution in [1.29, 1.82) is 0 Å². The Morgan fingerprint density at radius 3 is 2.16 bits per heavy atom. The Hall–Kier alpha value is -0.810. The maximum Gasteiger partial charge on any atom is 0.416 e. The highest BCUT2D eigenvalue weighted by Gasteiger charge is 2.42. The maximum absolute atomic E-state index is 12.6. The van der Waals surface area contributed by atoms with Gasteiger partial charge in [0.2, 0.25) is 0 Å². The van der Waals surface area contributed by atoms with Crippen molar-refractivity contribution in [2.45, 2.75) is 32.3 Å². The predicted molar refractivity (Wildman–Crippen MR) is 65.9 cm³/mol. The summed E-state index contributed by atoms with van der Waals surface area (Å²) in [6.07, 6.45) is -8.21. The first-order valence-electron chi connectivity index (χ1n) is 5.79. The van der Waals surface area contributed by atoms with E-state index in [0.29, 0.717) is 5.02 Å². The largest absolute Gasteiger partial charge is 0.416 e. The minimum absolute atomic E-state index is 0.106. The number of hydrogen-bond acceptors (Lipinski definition) is 1. The third-order valence-electron chi connectivity index (χ3n) is 3.04. The quantitative estimate of drug-likeness (QED) is 0.675. The highest BCUT2D eigenvalue weighted by molar-refractivity contribution is 6.30. The molecule has 0 aliphatic rings. The topological polar surface area (TPSA) is 9.23 Å². The molecule has 0 fully saturated rings. The number of alkyl halides is 4. The van der Waals surface area contributed by atoms with Crippen LogP contribution in [0.4, 0.5) is 17.6 Å². The molecular weight excluding hydrogens is 284 g/mol. The van der Waals surface area contributed by atoms with Crippen LogP contribution in [0.25, 0.3) is 0 Å². The lowest BCUT2D eigenvalue weighted by Crippen LogP contribution is -2.32. The summed E-state index contributed by atoms with van der Waals surface area (Å²) in [4.78, 5) is 0. The van der Waals surface area contributed by atoms with E-state index in [0.717, 1.165) is 5.56 Å². The fourth-order valence-corrected chi connectivity index (χ4v) is 1.67. The highest BCUT2D eigenvalue weighted by atomic mass is 35.5. The molecule has 0 aromatic heterocycles. The van der Waals surface area contributed by atoms with Crippen LogP contribution in [0, 0.1) is 5.92 Å². The van der Waals surface area contributed by atoms with Crippen LogP contribution in [0.2, 0.25) is 5.02 Å². The molecule has 0 N–H and O–H groups in total. The van der Waals surface area contributed by atoms with Crippen molar-refractivity contribution in [3.8, 4) is 0 Å². The SMILES string of the molecule is CC(COC(F)(F)C(F)F)C(C)c1ccc(Cl)cc1. The molecule has 1 aromatic rings. The minimum atomic E-state index is -4.39. The lowest BCUT2D eigenvalue weighted by molar-refractivity contribution is -0.304. The van der Waals surface area contributed by atoms with E-state index in [9.17, 15) is 17.6 Å². The third-order valence-corrected chi connectivity index (χ3v) is 3.29. The molecule has 0 bridgehead atoms. The van der Waals surface area contributed by atoms with Crippen LogP contribution in [0.5, 0.6) is 0 Å². The number of halogens is 5. The molecule has 1 aromatic carbocycles. The van der Waals surface area contributed by atoms with E-state index >= 15 is 0 Å². The Labute approximate surface area is 114 Å². The van der Waals surface area contributed by atoms with E-state index in [1.807, 2.05) is 6.92 Å². The Morgan fingerprint density at radius 2 is 1.68 bits per heavy atom. The van der Waals surface area contributed by atoms with Crippen molar-refractivity contribution >= 4 is 11.6 Å². The molecule has 108 valence electrons. The fourth-order valence-electron chi connectivity index (χ4n) is 1.54. The van der Waals surface area contributed by atoms with E-state index < -0.39 is 19.1 Å². The van der Waals surface area contributed by atoms with Crippen LogP contribution in [-0.4, -0.2) is 19.1 Å². The van der Waals surface area contributed by atoms with Crippen LogP contribution in [0.1, 0.15) is 25.3 Å². The number of hydrogen-bond donors (Lipinski definition) is 0. The standard InChI is InChI=1S/C13H15ClF4O/c1-8(7-19-13(17,18)12(15)16)9(2)10-3-5-11(14)6-4-10/h3-6,8-9,12H,7H2,1-2H3. The van der Waals surface area contributed by atoms with Gasteiger partial charge in [0, 0.05) is 5.02 Å². The average Bonchev–Trinajstić information content (AvgIpc) is 2.36. The Morgan fingerprint density at radius 1 is 1.16 bits per heavy atom. The molecule has 0 radical (unpaired) electrons. The number of benzene rings is 1. The average molecular weight is 299 g/mol. The van der Waals surface area contributed by atoms with Gasteiger partial charge in [0.1, 0.15) is 0 Å². The summed E-state index contributed by atoms with van der Waals surface area (Å²) in [6.45, 7) is 3.04. The van der Waals surface area contributed by atoms with Crippen LogP contribution in [0.15, 0.2) is 24.3 Å². The zero-order valence-corrected chi connectivity index (χ0v) is 11.3. The lowest BCUT2D eigenvalue weighted by Gasteiger charge is -2.23. The number of rotatable bonds is 6.